The smallest absolute Gasteiger partial charge is 0.0548 e. The molecule has 2 nitrogen and oxygen atoms in total. The lowest BCUT2D eigenvalue weighted by Gasteiger charge is -2.07. The summed E-state index contributed by atoms with van der Waals surface area (Å²) in [5, 5.41) is 5.11. The lowest BCUT2D eigenvalue weighted by molar-refractivity contribution is 1.18. The maximum atomic E-state index is 3.57. The molecule has 4 aromatic carbocycles. The van der Waals surface area contributed by atoms with Gasteiger partial charge in [0, 0.05) is 38.3 Å². The van der Waals surface area contributed by atoms with Gasteiger partial charge in [0.25, 0.3) is 0 Å². The highest BCUT2D eigenvalue weighted by Gasteiger charge is 2.14. The van der Waals surface area contributed by atoms with Crippen LogP contribution in [0.15, 0.2) is 91.0 Å². The SMILES string of the molecule is c1ccc(-n2c3ccccc3c3cc4[nH]c5ccccc5c4cc32)cc1. The molecule has 122 valence electrons. The molecule has 2 aromatic heterocycles. The Labute approximate surface area is 150 Å². The molecule has 0 atom stereocenters. The number of benzene rings is 4. The second-order valence-electron chi connectivity index (χ2n) is 6.77. The molecule has 0 aliphatic heterocycles. The van der Waals surface area contributed by atoms with Gasteiger partial charge in [-0.3, -0.25) is 0 Å². The molecule has 0 bridgehead atoms. The van der Waals surface area contributed by atoms with Crippen LogP contribution >= 0.6 is 0 Å². The molecule has 0 saturated heterocycles. The molecule has 0 unspecified atom stereocenters. The van der Waals surface area contributed by atoms with Crippen LogP contribution in [0.3, 0.4) is 0 Å². The van der Waals surface area contributed by atoms with Gasteiger partial charge in [0.2, 0.25) is 0 Å². The van der Waals surface area contributed by atoms with Crippen molar-refractivity contribution in [1.29, 1.82) is 0 Å². The second kappa shape index (κ2) is 4.99. The number of rotatable bonds is 1. The third-order valence-electron chi connectivity index (χ3n) is 5.31. The molecule has 26 heavy (non-hydrogen) atoms. The van der Waals surface area contributed by atoms with Gasteiger partial charge in [-0.05, 0) is 36.4 Å². The minimum atomic E-state index is 1.19. The highest BCUT2D eigenvalue weighted by molar-refractivity contribution is 6.18. The molecule has 0 spiro atoms. The second-order valence-corrected chi connectivity index (χ2v) is 6.77. The van der Waals surface area contributed by atoms with E-state index < -0.39 is 0 Å². The molecular weight excluding hydrogens is 316 g/mol. The molecule has 6 rings (SSSR count). The van der Waals surface area contributed by atoms with Crippen LogP contribution in [-0.4, -0.2) is 9.55 Å². The van der Waals surface area contributed by atoms with E-state index in [1.807, 2.05) is 0 Å². The van der Waals surface area contributed by atoms with Gasteiger partial charge in [-0.15, -0.1) is 0 Å². The van der Waals surface area contributed by atoms with Crippen molar-refractivity contribution in [3.8, 4) is 5.69 Å². The van der Waals surface area contributed by atoms with Crippen molar-refractivity contribution in [3.05, 3.63) is 91.0 Å². The quantitative estimate of drug-likeness (QED) is 0.359. The highest BCUT2D eigenvalue weighted by Crippen LogP contribution is 2.36. The molecule has 0 fully saturated rings. The normalized spacial score (nSPS) is 11.8. The van der Waals surface area contributed by atoms with E-state index in [0.717, 1.165) is 0 Å². The number of nitrogens with zero attached hydrogens (tertiary/aromatic N) is 1. The molecule has 0 aliphatic rings. The summed E-state index contributed by atoms with van der Waals surface area (Å²) in [6.07, 6.45) is 0. The van der Waals surface area contributed by atoms with Crippen molar-refractivity contribution in [3.63, 3.8) is 0 Å². The van der Waals surface area contributed by atoms with Gasteiger partial charge in [-0.1, -0.05) is 54.6 Å². The van der Waals surface area contributed by atoms with Gasteiger partial charge in [0.1, 0.15) is 0 Å². The van der Waals surface area contributed by atoms with E-state index in [2.05, 4.69) is 101 Å². The first kappa shape index (κ1) is 13.7. The van der Waals surface area contributed by atoms with Crippen LogP contribution in [0.2, 0.25) is 0 Å². The van der Waals surface area contributed by atoms with Gasteiger partial charge in [0.05, 0.1) is 11.0 Å². The van der Waals surface area contributed by atoms with Crippen LogP contribution in [0.4, 0.5) is 0 Å². The van der Waals surface area contributed by atoms with Crippen molar-refractivity contribution >= 4 is 43.6 Å². The summed E-state index contributed by atoms with van der Waals surface area (Å²) in [6, 6.07) is 32.4. The Morgan fingerprint density at radius 1 is 0.500 bits per heavy atom. The van der Waals surface area contributed by atoms with Crippen molar-refractivity contribution in [2.45, 2.75) is 0 Å². The fraction of sp³-hybridized carbons (Fsp3) is 0. The summed E-state index contributed by atoms with van der Waals surface area (Å²) >= 11 is 0. The summed E-state index contributed by atoms with van der Waals surface area (Å²) in [7, 11) is 0. The number of aromatic amines is 1. The Balaban J connectivity index is 1.86. The predicted molar refractivity (Wildman–Crippen MR) is 110 cm³/mol. The Morgan fingerprint density at radius 3 is 2.12 bits per heavy atom. The molecular formula is C24H16N2. The average Bonchev–Trinajstić information content (AvgIpc) is 3.22. The van der Waals surface area contributed by atoms with E-state index in [1.54, 1.807) is 0 Å². The zero-order chi connectivity index (χ0) is 17.1. The fourth-order valence-electron chi connectivity index (χ4n) is 4.17. The van der Waals surface area contributed by atoms with Gasteiger partial charge < -0.3 is 9.55 Å². The largest absolute Gasteiger partial charge is 0.354 e. The van der Waals surface area contributed by atoms with Gasteiger partial charge in [-0.25, -0.2) is 0 Å². The minimum Gasteiger partial charge on any atom is -0.354 e. The first-order valence-corrected chi connectivity index (χ1v) is 8.89. The van der Waals surface area contributed by atoms with Gasteiger partial charge >= 0.3 is 0 Å². The predicted octanol–water partition coefficient (Wildman–Crippen LogP) is 6.42. The summed E-state index contributed by atoms with van der Waals surface area (Å²) in [6.45, 7) is 0. The van der Waals surface area contributed by atoms with Crippen LogP contribution in [0.1, 0.15) is 0 Å². The molecule has 0 amide bonds. The Morgan fingerprint density at radius 2 is 1.23 bits per heavy atom. The first-order chi connectivity index (χ1) is 12.9. The van der Waals surface area contributed by atoms with Crippen LogP contribution < -0.4 is 0 Å². The van der Waals surface area contributed by atoms with E-state index in [0.29, 0.717) is 0 Å². The number of para-hydroxylation sites is 3. The van der Waals surface area contributed by atoms with Crippen molar-refractivity contribution < 1.29 is 0 Å². The third kappa shape index (κ3) is 1.76. The zero-order valence-electron chi connectivity index (χ0n) is 14.1. The first-order valence-electron chi connectivity index (χ1n) is 8.89. The van der Waals surface area contributed by atoms with Crippen LogP contribution in [0, 0.1) is 0 Å². The van der Waals surface area contributed by atoms with Crippen molar-refractivity contribution in [1.82, 2.24) is 9.55 Å². The van der Waals surface area contributed by atoms with Crippen molar-refractivity contribution in [2.75, 3.05) is 0 Å². The topological polar surface area (TPSA) is 20.7 Å². The lowest BCUT2D eigenvalue weighted by Crippen LogP contribution is -1.92. The van der Waals surface area contributed by atoms with E-state index in [4.69, 9.17) is 0 Å². The summed E-state index contributed by atoms with van der Waals surface area (Å²) < 4.78 is 2.37. The third-order valence-corrected chi connectivity index (χ3v) is 5.31. The summed E-state index contributed by atoms with van der Waals surface area (Å²) in [5.74, 6) is 0. The van der Waals surface area contributed by atoms with Crippen molar-refractivity contribution in [2.24, 2.45) is 0 Å². The number of fused-ring (bicyclic) bond motifs is 6. The summed E-state index contributed by atoms with van der Waals surface area (Å²) in [4.78, 5) is 3.57. The van der Waals surface area contributed by atoms with Gasteiger partial charge in [-0.2, -0.15) is 0 Å². The maximum Gasteiger partial charge on any atom is 0.0548 e. The Hall–Kier alpha value is -3.52. The van der Waals surface area contributed by atoms with E-state index in [1.165, 1.54) is 49.3 Å². The van der Waals surface area contributed by atoms with E-state index in [-0.39, 0.29) is 0 Å². The minimum absolute atomic E-state index is 1.19. The molecule has 6 aromatic rings. The molecule has 1 N–H and O–H groups in total. The molecule has 2 heterocycles. The maximum absolute atomic E-state index is 3.57. The molecule has 0 radical (unpaired) electrons. The fourth-order valence-corrected chi connectivity index (χ4v) is 4.17. The number of nitrogens with one attached hydrogen (secondary N) is 1. The standard InChI is InChI=1S/C24H16N2/c1-2-8-16(9-3-1)26-23-13-7-5-11-18(23)20-14-22-19(15-24(20)26)17-10-4-6-12-21(17)25-22/h1-15,25H. The molecule has 0 aliphatic carbocycles. The van der Waals surface area contributed by atoms with Gasteiger partial charge in [0.15, 0.2) is 0 Å². The van der Waals surface area contributed by atoms with E-state index >= 15 is 0 Å². The number of aromatic nitrogens is 2. The summed E-state index contributed by atoms with van der Waals surface area (Å²) in [5.41, 5.74) is 6.05. The monoisotopic (exact) mass is 332 g/mol. The highest BCUT2D eigenvalue weighted by atomic mass is 15.0. The van der Waals surface area contributed by atoms with Crippen LogP contribution in [0.5, 0.6) is 0 Å². The molecule has 0 saturated carbocycles. The number of H-pyrrole nitrogens is 1. The Kier molecular flexibility index (Phi) is 2.64. The Bertz CT molecular complexity index is 1420. The van der Waals surface area contributed by atoms with E-state index in [9.17, 15) is 0 Å². The van der Waals surface area contributed by atoms with Crippen LogP contribution in [0.25, 0.3) is 49.3 Å². The average molecular weight is 332 g/mol. The molecule has 2 heteroatoms. The lowest BCUT2D eigenvalue weighted by atomic mass is 10.1. The number of hydrogen-bond acceptors (Lipinski definition) is 0. The van der Waals surface area contributed by atoms with Crippen LogP contribution in [-0.2, 0) is 0 Å². The zero-order valence-corrected chi connectivity index (χ0v) is 14.1. The number of hydrogen-bond donors (Lipinski definition) is 1.